The maximum absolute atomic E-state index is 12.4. The molecule has 1 aromatic heterocycles. The van der Waals surface area contributed by atoms with Gasteiger partial charge in [0.2, 0.25) is 5.91 Å². The number of amides is 2. The first kappa shape index (κ1) is 20.1. The van der Waals surface area contributed by atoms with Gasteiger partial charge in [0.05, 0.1) is 6.21 Å². The molecule has 2 amide bonds. The van der Waals surface area contributed by atoms with Crippen molar-refractivity contribution in [3.05, 3.63) is 102 Å². The lowest BCUT2D eigenvalue weighted by Gasteiger charge is -2.05. The van der Waals surface area contributed by atoms with Gasteiger partial charge in [-0.1, -0.05) is 54.6 Å². The zero-order valence-electron chi connectivity index (χ0n) is 17.1. The number of nitrogens with zero attached hydrogens (tertiary/aromatic N) is 2. The summed E-state index contributed by atoms with van der Waals surface area (Å²) in [6.07, 6.45) is 3.68. The Morgan fingerprint density at radius 3 is 2.55 bits per heavy atom. The van der Waals surface area contributed by atoms with Crippen LogP contribution in [0.15, 0.2) is 90.2 Å². The Hall–Kier alpha value is -4.19. The minimum absolute atomic E-state index is 0.192. The summed E-state index contributed by atoms with van der Waals surface area (Å²) in [4.78, 5) is 23.7. The number of hydrogen-bond donors (Lipinski definition) is 2. The van der Waals surface area contributed by atoms with Crippen LogP contribution in [0.25, 0.3) is 10.9 Å². The molecule has 154 valence electrons. The molecule has 0 aliphatic heterocycles. The fourth-order valence-electron chi connectivity index (χ4n) is 3.46. The normalized spacial score (nSPS) is 11.0. The summed E-state index contributed by atoms with van der Waals surface area (Å²) in [6, 6.07) is 25.1. The zero-order chi connectivity index (χ0) is 21.6. The molecule has 6 heteroatoms. The molecule has 0 aliphatic carbocycles. The molecule has 1 heterocycles. The third kappa shape index (κ3) is 4.87. The Morgan fingerprint density at radius 1 is 0.968 bits per heavy atom. The second kappa shape index (κ2) is 9.09. The summed E-state index contributed by atoms with van der Waals surface area (Å²) in [6.45, 7) is 2.17. The van der Waals surface area contributed by atoms with E-state index in [1.807, 2.05) is 42.6 Å². The molecule has 0 saturated heterocycles. The summed E-state index contributed by atoms with van der Waals surface area (Å²) in [5.74, 6) is -0.543. The molecular formula is C25H22N4O2. The molecule has 31 heavy (non-hydrogen) atoms. The van der Waals surface area contributed by atoms with Crippen LogP contribution in [0.1, 0.15) is 28.4 Å². The van der Waals surface area contributed by atoms with E-state index in [0.717, 1.165) is 23.0 Å². The lowest BCUT2D eigenvalue weighted by Crippen LogP contribution is -2.18. The number of benzene rings is 3. The summed E-state index contributed by atoms with van der Waals surface area (Å²) in [7, 11) is 0. The summed E-state index contributed by atoms with van der Waals surface area (Å²) < 4.78 is 2.17. The van der Waals surface area contributed by atoms with E-state index in [9.17, 15) is 9.59 Å². The van der Waals surface area contributed by atoms with Gasteiger partial charge in [-0.3, -0.25) is 9.59 Å². The van der Waals surface area contributed by atoms with Crippen molar-refractivity contribution in [2.45, 2.75) is 13.5 Å². The van der Waals surface area contributed by atoms with Crippen LogP contribution in [0.3, 0.4) is 0 Å². The number of hydrogen-bond acceptors (Lipinski definition) is 3. The van der Waals surface area contributed by atoms with Crippen LogP contribution in [-0.4, -0.2) is 22.6 Å². The van der Waals surface area contributed by atoms with Crippen LogP contribution in [0, 0.1) is 0 Å². The lowest BCUT2D eigenvalue weighted by atomic mass is 10.2. The van der Waals surface area contributed by atoms with E-state index in [-0.39, 0.29) is 11.8 Å². The summed E-state index contributed by atoms with van der Waals surface area (Å²) in [5.41, 5.74) is 6.76. The van der Waals surface area contributed by atoms with Crippen molar-refractivity contribution < 1.29 is 9.59 Å². The molecule has 0 radical (unpaired) electrons. The molecule has 0 aliphatic rings. The number of aromatic nitrogens is 1. The first-order valence-electron chi connectivity index (χ1n) is 9.93. The van der Waals surface area contributed by atoms with Crippen molar-refractivity contribution in [3.63, 3.8) is 0 Å². The van der Waals surface area contributed by atoms with Crippen LogP contribution in [-0.2, 0) is 11.3 Å². The number of fused-ring (bicyclic) bond motifs is 1. The van der Waals surface area contributed by atoms with Crippen molar-refractivity contribution in [1.29, 1.82) is 0 Å². The number of para-hydroxylation sites is 1. The third-order valence-corrected chi connectivity index (χ3v) is 4.83. The maximum Gasteiger partial charge on any atom is 0.271 e. The average Bonchev–Trinajstić information content (AvgIpc) is 3.12. The van der Waals surface area contributed by atoms with Gasteiger partial charge in [0.1, 0.15) is 0 Å². The van der Waals surface area contributed by atoms with Crippen molar-refractivity contribution in [1.82, 2.24) is 9.99 Å². The molecule has 6 nitrogen and oxygen atoms in total. The van der Waals surface area contributed by atoms with E-state index in [4.69, 9.17) is 0 Å². The van der Waals surface area contributed by atoms with E-state index < -0.39 is 0 Å². The molecular weight excluding hydrogens is 388 g/mol. The first-order valence-corrected chi connectivity index (χ1v) is 9.93. The van der Waals surface area contributed by atoms with Gasteiger partial charge < -0.3 is 9.88 Å². The fourth-order valence-corrected chi connectivity index (χ4v) is 3.46. The smallest absolute Gasteiger partial charge is 0.271 e. The van der Waals surface area contributed by atoms with Crippen molar-refractivity contribution in [2.75, 3.05) is 5.32 Å². The van der Waals surface area contributed by atoms with Crippen molar-refractivity contribution >= 4 is 34.6 Å². The van der Waals surface area contributed by atoms with E-state index >= 15 is 0 Å². The van der Waals surface area contributed by atoms with E-state index in [0.29, 0.717) is 11.3 Å². The Labute approximate surface area is 180 Å². The Balaban J connectivity index is 1.52. The lowest BCUT2D eigenvalue weighted by molar-refractivity contribution is -0.114. The SMILES string of the molecule is CC(=O)Nc1cccc(C(=O)NN=Cc2cn(Cc3ccccc3)c3ccccc23)c1. The fraction of sp³-hybridized carbons (Fsp3) is 0.0800. The number of carbonyl (C=O) groups is 2. The monoisotopic (exact) mass is 410 g/mol. The van der Waals surface area contributed by atoms with Gasteiger partial charge in [0.25, 0.3) is 5.91 Å². The van der Waals surface area contributed by atoms with Crippen LogP contribution in [0.2, 0.25) is 0 Å². The van der Waals surface area contributed by atoms with Crippen molar-refractivity contribution in [3.8, 4) is 0 Å². The van der Waals surface area contributed by atoms with Gasteiger partial charge >= 0.3 is 0 Å². The summed E-state index contributed by atoms with van der Waals surface area (Å²) in [5, 5.41) is 7.88. The van der Waals surface area contributed by atoms with Gasteiger partial charge in [-0.25, -0.2) is 5.43 Å². The molecule has 0 atom stereocenters. The predicted octanol–water partition coefficient (Wildman–Crippen LogP) is 4.41. The minimum atomic E-state index is -0.350. The highest BCUT2D eigenvalue weighted by molar-refractivity contribution is 6.01. The Bertz CT molecular complexity index is 1260. The maximum atomic E-state index is 12.4. The van der Waals surface area contributed by atoms with Gasteiger partial charge in [0, 0.05) is 47.4 Å². The van der Waals surface area contributed by atoms with Crippen LogP contribution in [0.5, 0.6) is 0 Å². The molecule has 0 saturated carbocycles. The number of hydrazone groups is 1. The van der Waals surface area contributed by atoms with E-state index in [2.05, 4.69) is 38.6 Å². The van der Waals surface area contributed by atoms with E-state index in [1.165, 1.54) is 12.5 Å². The molecule has 0 fully saturated rings. The predicted molar refractivity (Wildman–Crippen MR) is 123 cm³/mol. The van der Waals surface area contributed by atoms with Crippen LogP contribution >= 0.6 is 0 Å². The summed E-state index contributed by atoms with van der Waals surface area (Å²) >= 11 is 0. The molecule has 0 unspecified atom stereocenters. The number of rotatable bonds is 6. The minimum Gasteiger partial charge on any atom is -0.342 e. The molecule has 0 bridgehead atoms. The molecule has 4 aromatic rings. The standard InChI is InChI=1S/C25H22N4O2/c1-18(30)27-22-11-7-10-20(14-22)25(31)28-26-15-21-17-29(16-19-8-3-2-4-9-19)24-13-6-5-12-23(21)24/h2-15,17H,16H2,1H3,(H,27,30)(H,28,31). The zero-order valence-corrected chi connectivity index (χ0v) is 17.1. The second-order valence-electron chi connectivity index (χ2n) is 7.18. The van der Waals surface area contributed by atoms with Gasteiger partial charge in [-0.05, 0) is 29.8 Å². The second-order valence-corrected chi connectivity index (χ2v) is 7.18. The van der Waals surface area contributed by atoms with Gasteiger partial charge in [-0.15, -0.1) is 0 Å². The largest absolute Gasteiger partial charge is 0.342 e. The molecule has 3 aromatic carbocycles. The van der Waals surface area contributed by atoms with Crippen molar-refractivity contribution in [2.24, 2.45) is 5.10 Å². The number of anilines is 1. The van der Waals surface area contributed by atoms with E-state index in [1.54, 1.807) is 30.5 Å². The highest BCUT2D eigenvalue weighted by Gasteiger charge is 2.08. The van der Waals surface area contributed by atoms with Crippen LogP contribution in [0.4, 0.5) is 5.69 Å². The Kier molecular flexibility index (Phi) is 5.89. The topological polar surface area (TPSA) is 75.5 Å². The highest BCUT2D eigenvalue weighted by Crippen LogP contribution is 2.21. The molecule has 0 spiro atoms. The number of carbonyl (C=O) groups excluding carboxylic acids is 2. The van der Waals surface area contributed by atoms with Gasteiger partial charge in [0.15, 0.2) is 0 Å². The number of nitrogens with one attached hydrogen (secondary N) is 2. The highest BCUT2D eigenvalue weighted by atomic mass is 16.2. The Morgan fingerprint density at radius 2 is 1.74 bits per heavy atom. The third-order valence-electron chi connectivity index (χ3n) is 4.83. The average molecular weight is 410 g/mol. The van der Waals surface area contributed by atoms with Crippen LogP contribution < -0.4 is 10.7 Å². The first-order chi connectivity index (χ1) is 15.1. The quantitative estimate of drug-likeness (QED) is 0.365. The molecule has 4 rings (SSSR count). The van der Waals surface area contributed by atoms with Gasteiger partial charge in [-0.2, -0.15) is 5.10 Å². The molecule has 2 N–H and O–H groups in total.